The van der Waals surface area contributed by atoms with Gasteiger partial charge in [-0.15, -0.1) is 0 Å². The van der Waals surface area contributed by atoms with E-state index in [1.165, 1.54) is 12.1 Å². The van der Waals surface area contributed by atoms with Crippen LogP contribution in [0.5, 0.6) is 0 Å². The van der Waals surface area contributed by atoms with Crippen molar-refractivity contribution >= 4 is 0 Å². The van der Waals surface area contributed by atoms with Gasteiger partial charge < -0.3 is 5.32 Å². The maximum Gasteiger partial charge on any atom is 0.126 e. The largest absolute Gasteiger partial charge is 0.303 e. The van der Waals surface area contributed by atoms with E-state index in [2.05, 4.69) is 5.32 Å². The molecule has 0 amide bonds. The highest BCUT2D eigenvalue weighted by Gasteiger charge is 2.25. The number of halogens is 2. The second-order valence-electron chi connectivity index (χ2n) is 5.34. The van der Waals surface area contributed by atoms with E-state index in [1.54, 1.807) is 18.2 Å². The first-order valence-electron chi connectivity index (χ1n) is 6.94. The minimum atomic E-state index is -0.228. The molecule has 2 aromatic rings. The van der Waals surface area contributed by atoms with Gasteiger partial charge in [0.05, 0.1) is 0 Å². The molecule has 1 N–H and O–H groups in total. The smallest absolute Gasteiger partial charge is 0.126 e. The Hall–Kier alpha value is -1.74. The minimum absolute atomic E-state index is 0.0323. The van der Waals surface area contributed by atoms with Gasteiger partial charge >= 0.3 is 0 Å². The standard InChI is InChI=1S/C17H17F2N/c1-11(12-4-2-5-13(18)10-12)20-17-9-8-14-15(17)6-3-7-16(14)19/h2-7,10-11,17,20H,8-9H2,1H3/t11-,17?/m1/s1. The molecule has 0 radical (unpaired) electrons. The van der Waals surface area contributed by atoms with Gasteiger partial charge in [-0.05, 0) is 54.7 Å². The third kappa shape index (κ3) is 2.46. The third-order valence-electron chi connectivity index (χ3n) is 4.01. The molecule has 3 rings (SSSR count). The van der Waals surface area contributed by atoms with Crippen molar-refractivity contribution in [1.82, 2.24) is 5.32 Å². The lowest BCUT2D eigenvalue weighted by Crippen LogP contribution is -2.23. The topological polar surface area (TPSA) is 12.0 Å². The molecule has 3 heteroatoms. The predicted molar refractivity (Wildman–Crippen MR) is 75.4 cm³/mol. The molecule has 2 atom stereocenters. The number of hydrogen-bond donors (Lipinski definition) is 1. The van der Waals surface area contributed by atoms with Gasteiger partial charge in [-0.2, -0.15) is 0 Å². The SMILES string of the molecule is C[C@@H](NC1CCc2c(F)cccc21)c1cccc(F)c1. The van der Waals surface area contributed by atoms with Gasteiger partial charge in [0.25, 0.3) is 0 Å². The lowest BCUT2D eigenvalue weighted by Gasteiger charge is -2.21. The average Bonchev–Trinajstić information content (AvgIpc) is 2.83. The first kappa shape index (κ1) is 13.3. The zero-order valence-corrected chi connectivity index (χ0v) is 11.4. The van der Waals surface area contributed by atoms with E-state index in [0.717, 1.165) is 29.5 Å². The second-order valence-corrected chi connectivity index (χ2v) is 5.34. The van der Waals surface area contributed by atoms with E-state index in [4.69, 9.17) is 0 Å². The molecule has 0 aromatic heterocycles. The van der Waals surface area contributed by atoms with Crippen LogP contribution in [0.25, 0.3) is 0 Å². The highest BCUT2D eigenvalue weighted by Crippen LogP contribution is 2.34. The van der Waals surface area contributed by atoms with Crippen LogP contribution in [0.1, 0.15) is 42.1 Å². The van der Waals surface area contributed by atoms with Crippen molar-refractivity contribution in [1.29, 1.82) is 0 Å². The number of benzene rings is 2. The lowest BCUT2D eigenvalue weighted by molar-refractivity contribution is 0.463. The Morgan fingerprint density at radius 3 is 2.75 bits per heavy atom. The predicted octanol–water partition coefficient (Wildman–Crippen LogP) is 4.30. The monoisotopic (exact) mass is 273 g/mol. The summed E-state index contributed by atoms with van der Waals surface area (Å²) in [4.78, 5) is 0. The second kappa shape index (κ2) is 5.33. The van der Waals surface area contributed by atoms with Crippen LogP contribution in [0.4, 0.5) is 8.78 Å². The van der Waals surface area contributed by atoms with Crippen LogP contribution >= 0.6 is 0 Å². The number of nitrogens with one attached hydrogen (secondary N) is 1. The van der Waals surface area contributed by atoms with Crippen molar-refractivity contribution in [3.8, 4) is 0 Å². The molecular weight excluding hydrogens is 256 g/mol. The molecule has 20 heavy (non-hydrogen) atoms. The Morgan fingerprint density at radius 2 is 1.95 bits per heavy atom. The summed E-state index contributed by atoms with van der Waals surface area (Å²) in [5, 5.41) is 3.47. The van der Waals surface area contributed by atoms with Crippen molar-refractivity contribution in [2.24, 2.45) is 0 Å². The summed E-state index contributed by atoms with van der Waals surface area (Å²) in [6, 6.07) is 12.0. The molecule has 1 aliphatic rings. The molecule has 0 fully saturated rings. The molecular formula is C17H17F2N. The van der Waals surface area contributed by atoms with Gasteiger partial charge in [0, 0.05) is 12.1 Å². The van der Waals surface area contributed by atoms with Crippen LogP contribution in [0.15, 0.2) is 42.5 Å². The molecule has 0 saturated carbocycles. The first-order chi connectivity index (χ1) is 9.65. The van der Waals surface area contributed by atoms with Crippen LogP contribution in [0.3, 0.4) is 0 Å². The van der Waals surface area contributed by atoms with Gasteiger partial charge in [-0.3, -0.25) is 0 Å². The molecule has 1 unspecified atom stereocenters. The number of hydrogen-bond acceptors (Lipinski definition) is 1. The minimum Gasteiger partial charge on any atom is -0.303 e. The zero-order valence-electron chi connectivity index (χ0n) is 11.4. The van der Waals surface area contributed by atoms with E-state index in [0.29, 0.717) is 0 Å². The highest BCUT2D eigenvalue weighted by atomic mass is 19.1. The quantitative estimate of drug-likeness (QED) is 0.879. The van der Waals surface area contributed by atoms with Crippen LogP contribution in [0, 0.1) is 11.6 Å². The third-order valence-corrected chi connectivity index (χ3v) is 4.01. The number of rotatable bonds is 3. The van der Waals surface area contributed by atoms with Crippen LogP contribution in [-0.2, 0) is 6.42 Å². The summed E-state index contributed by atoms with van der Waals surface area (Å²) >= 11 is 0. The van der Waals surface area contributed by atoms with Gasteiger partial charge in [0.15, 0.2) is 0 Å². The molecule has 104 valence electrons. The molecule has 0 bridgehead atoms. The van der Waals surface area contributed by atoms with Crippen molar-refractivity contribution in [2.45, 2.75) is 31.8 Å². The highest BCUT2D eigenvalue weighted by molar-refractivity contribution is 5.36. The van der Waals surface area contributed by atoms with Crippen LogP contribution in [-0.4, -0.2) is 0 Å². The fraction of sp³-hybridized carbons (Fsp3) is 0.294. The van der Waals surface area contributed by atoms with E-state index in [1.807, 2.05) is 19.1 Å². The summed E-state index contributed by atoms with van der Waals surface area (Å²) in [5.74, 6) is -0.348. The Bertz CT molecular complexity index is 624. The van der Waals surface area contributed by atoms with Gasteiger partial charge in [0.1, 0.15) is 11.6 Å². The Morgan fingerprint density at radius 1 is 1.15 bits per heavy atom. The van der Waals surface area contributed by atoms with Gasteiger partial charge in [-0.25, -0.2) is 8.78 Å². The first-order valence-corrected chi connectivity index (χ1v) is 6.94. The molecule has 0 saturated heterocycles. The average molecular weight is 273 g/mol. The summed E-state index contributed by atoms with van der Waals surface area (Å²) in [7, 11) is 0. The number of fused-ring (bicyclic) bond motifs is 1. The normalized spacial score (nSPS) is 18.9. The molecule has 0 aliphatic heterocycles. The fourth-order valence-corrected chi connectivity index (χ4v) is 2.96. The van der Waals surface area contributed by atoms with E-state index < -0.39 is 0 Å². The van der Waals surface area contributed by atoms with Gasteiger partial charge in [0.2, 0.25) is 0 Å². The van der Waals surface area contributed by atoms with Crippen molar-refractivity contribution in [3.05, 3.63) is 70.8 Å². The maximum absolute atomic E-state index is 13.7. The molecule has 0 heterocycles. The molecule has 1 nitrogen and oxygen atoms in total. The molecule has 0 spiro atoms. The Labute approximate surface area is 117 Å². The lowest BCUT2D eigenvalue weighted by atomic mass is 10.0. The van der Waals surface area contributed by atoms with Crippen molar-refractivity contribution in [3.63, 3.8) is 0 Å². The Balaban J connectivity index is 1.79. The maximum atomic E-state index is 13.7. The van der Waals surface area contributed by atoms with Gasteiger partial charge in [-0.1, -0.05) is 24.3 Å². The van der Waals surface area contributed by atoms with Crippen molar-refractivity contribution < 1.29 is 8.78 Å². The van der Waals surface area contributed by atoms with E-state index >= 15 is 0 Å². The van der Waals surface area contributed by atoms with E-state index in [-0.39, 0.29) is 23.7 Å². The molecule has 1 aliphatic carbocycles. The Kier molecular flexibility index (Phi) is 3.53. The van der Waals surface area contributed by atoms with E-state index in [9.17, 15) is 8.78 Å². The van der Waals surface area contributed by atoms with Crippen LogP contribution in [0.2, 0.25) is 0 Å². The summed E-state index contributed by atoms with van der Waals surface area (Å²) < 4.78 is 27.0. The van der Waals surface area contributed by atoms with Crippen LogP contribution < -0.4 is 5.32 Å². The summed E-state index contributed by atoms with van der Waals surface area (Å²) in [5.41, 5.74) is 2.76. The fourth-order valence-electron chi connectivity index (χ4n) is 2.96. The van der Waals surface area contributed by atoms with Crippen molar-refractivity contribution in [2.75, 3.05) is 0 Å². The molecule has 2 aromatic carbocycles. The zero-order chi connectivity index (χ0) is 14.1. The summed E-state index contributed by atoms with van der Waals surface area (Å²) in [6.45, 7) is 2.01. The summed E-state index contributed by atoms with van der Waals surface area (Å²) in [6.07, 6.45) is 1.64.